The van der Waals surface area contributed by atoms with Crippen LogP contribution in [0.25, 0.3) is 22.4 Å². The Labute approximate surface area is 205 Å². The number of methoxy groups -OCH3 is 1. The summed E-state index contributed by atoms with van der Waals surface area (Å²) in [7, 11) is 1.53. The number of carbonyl (C=O) groups is 1. The summed E-state index contributed by atoms with van der Waals surface area (Å²) in [6, 6.07) is 15.0. The van der Waals surface area contributed by atoms with Gasteiger partial charge in [-0.3, -0.25) is 4.68 Å². The van der Waals surface area contributed by atoms with Crippen molar-refractivity contribution in [2.45, 2.75) is 45.6 Å². The number of nitrogens with zero attached hydrogens (tertiary/aromatic N) is 2. The minimum atomic E-state index is -0.928. The monoisotopic (exact) mass is 480 g/mol. The second-order valence-electron chi connectivity index (χ2n) is 9.21. The third-order valence-electron chi connectivity index (χ3n) is 6.86. The van der Waals surface area contributed by atoms with Crippen molar-refractivity contribution in [2.24, 2.45) is 11.8 Å². The van der Waals surface area contributed by atoms with E-state index in [2.05, 4.69) is 11.6 Å². The molecule has 1 aromatic heterocycles. The van der Waals surface area contributed by atoms with E-state index in [-0.39, 0.29) is 12.4 Å². The van der Waals surface area contributed by atoms with Crippen molar-refractivity contribution >= 4 is 5.97 Å². The Kier molecular flexibility index (Phi) is 8.18. The molecular weight excluding hydrogens is 447 g/mol. The van der Waals surface area contributed by atoms with E-state index < -0.39 is 5.97 Å². The molecule has 1 fully saturated rings. The zero-order valence-electron chi connectivity index (χ0n) is 20.4. The molecule has 0 aliphatic heterocycles. The first-order valence-electron chi connectivity index (χ1n) is 12.3. The lowest BCUT2D eigenvalue weighted by atomic mass is 9.82. The third kappa shape index (κ3) is 5.90. The smallest absolute Gasteiger partial charge is 0.329 e. The average molecular weight is 481 g/mol. The Bertz CT molecular complexity index is 1140. The van der Waals surface area contributed by atoms with Crippen molar-refractivity contribution in [1.29, 1.82) is 0 Å². The Morgan fingerprint density at radius 1 is 1.11 bits per heavy atom. The Hall–Kier alpha value is -3.19. The lowest BCUT2D eigenvalue weighted by molar-refractivity contribution is -0.142. The van der Waals surface area contributed by atoms with Gasteiger partial charge in [0.2, 0.25) is 0 Å². The summed E-state index contributed by atoms with van der Waals surface area (Å²) >= 11 is 0. The molecule has 0 unspecified atom stereocenters. The van der Waals surface area contributed by atoms with Gasteiger partial charge in [0.1, 0.15) is 23.9 Å². The normalized spacial score (nSPS) is 17.9. The summed E-state index contributed by atoms with van der Waals surface area (Å²) in [6.07, 6.45) is 4.89. The number of hydrogen-bond acceptors (Lipinski definition) is 4. The zero-order valence-corrected chi connectivity index (χ0v) is 20.4. The molecule has 1 aliphatic rings. The highest BCUT2D eigenvalue weighted by molar-refractivity contribution is 5.83. The van der Waals surface area contributed by atoms with Crippen LogP contribution in [0.15, 0.2) is 48.5 Å². The van der Waals surface area contributed by atoms with Crippen LogP contribution in [0.3, 0.4) is 0 Å². The van der Waals surface area contributed by atoms with Crippen molar-refractivity contribution in [2.75, 3.05) is 20.3 Å². The van der Waals surface area contributed by atoms with Gasteiger partial charge < -0.3 is 14.6 Å². The molecule has 0 amide bonds. The lowest BCUT2D eigenvalue weighted by Crippen LogP contribution is -2.23. The summed E-state index contributed by atoms with van der Waals surface area (Å²) in [5.41, 5.74) is 4.24. The number of aliphatic carboxylic acids is 1. The second-order valence-corrected chi connectivity index (χ2v) is 9.21. The maximum atomic E-state index is 15.1. The van der Waals surface area contributed by atoms with E-state index in [1.807, 2.05) is 30.3 Å². The van der Waals surface area contributed by atoms with Crippen LogP contribution in [0.1, 0.15) is 38.3 Å². The van der Waals surface area contributed by atoms with Crippen LogP contribution in [0.4, 0.5) is 4.39 Å². The van der Waals surface area contributed by atoms with E-state index >= 15 is 4.39 Å². The predicted molar refractivity (Wildman–Crippen MR) is 133 cm³/mol. The van der Waals surface area contributed by atoms with E-state index in [1.54, 1.807) is 12.1 Å². The Morgan fingerprint density at radius 3 is 2.46 bits per heavy atom. The first-order valence-corrected chi connectivity index (χ1v) is 12.3. The highest BCUT2D eigenvalue weighted by Crippen LogP contribution is 2.38. The van der Waals surface area contributed by atoms with Crippen molar-refractivity contribution in [3.8, 4) is 28.1 Å². The number of hydrogen-bond donors (Lipinski definition) is 1. The molecule has 0 spiro atoms. The van der Waals surface area contributed by atoms with Crippen LogP contribution in [0.5, 0.6) is 5.75 Å². The van der Waals surface area contributed by atoms with Gasteiger partial charge in [-0.25, -0.2) is 9.18 Å². The topological polar surface area (TPSA) is 73.6 Å². The van der Waals surface area contributed by atoms with Crippen molar-refractivity contribution in [3.63, 3.8) is 0 Å². The van der Waals surface area contributed by atoms with Gasteiger partial charge in [-0.15, -0.1) is 0 Å². The summed E-state index contributed by atoms with van der Waals surface area (Å²) < 4.78 is 27.7. The number of halogens is 1. The molecule has 0 saturated heterocycles. The van der Waals surface area contributed by atoms with Crippen LogP contribution < -0.4 is 4.74 Å². The van der Waals surface area contributed by atoms with Gasteiger partial charge in [0, 0.05) is 29.4 Å². The number of ether oxygens (including phenoxy) is 2. The quantitative estimate of drug-likeness (QED) is 0.395. The minimum absolute atomic E-state index is 0.236. The summed E-state index contributed by atoms with van der Waals surface area (Å²) in [5, 5.41) is 13.7. The van der Waals surface area contributed by atoms with E-state index in [0.717, 1.165) is 55.5 Å². The molecule has 0 bridgehead atoms. The molecule has 0 radical (unpaired) electrons. The fraction of sp³-hybridized carbons (Fsp3) is 0.429. The largest absolute Gasteiger partial charge is 0.497 e. The van der Waals surface area contributed by atoms with Gasteiger partial charge in [-0.05, 0) is 61.6 Å². The van der Waals surface area contributed by atoms with Crippen molar-refractivity contribution in [3.05, 3.63) is 60.0 Å². The molecule has 4 rings (SSSR count). The van der Waals surface area contributed by atoms with Gasteiger partial charge in [-0.1, -0.05) is 37.3 Å². The van der Waals surface area contributed by atoms with E-state index in [1.165, 1.54) is 13.2 Å². The van der Waals surface area contributed by atoms with E-state index in [0.29, 0.717) is 35.4 Å². The van der Waals surface area contributed by atoms with Crippen LogP contribution >= 0.6 is 0 Å². The minimum Gasteiger partial charge on any atom is -0.497 e. The van der Waals surface area contributed by atoms with E-state index in [9.17, 15) is 4.79 Å². The number of rotatable bonds is 10. The molecule has 186 valence electrons. The molecular formula is C28H33FN2O4. The van der Waals surface area contributed by atoms with Crippen molar-refractivity contribution in [1.82, 2.24) is 9.78 Å². The van der Waals surface area contributed by atoms with Crippen LogP contribution in [-0.2, 0) is 22.5 Å². The lowest BCUT2D eigenvalue weighted by Gasteiger charge is -2.28. The fourth-order valence-electron chi connectivity index (χ4n) is 5.06. The molecule has 0 atom stereocenters. The van der Waals surface area contributed by atoms with Gasteiger partial charge in [0.05, 0.1) is 13.7 Å². The standard InChI is InChI=1S/C28H33FN2O4/c1-3-25-27(21-7-5-4-6-8-21)28(23-14-13-22(34-2)15-24(23)29)30-31(25)16-19-9-11-20(12-10-19)17-35-18-26(32)33/h4-8,13-15,19-20H,3,9-12,16-18H2,1-2H3,(H,32,33)/t19-,20+. The Balaban J connectivity index is 1.60. The van der Waals surface area contributed by atoms with E-state index in [4.69, 9.17) is 19.7 Å². The van der Waals surface area contributed by atoms with Crippen LogP contribution in [0.2, 0.25) is 0 Å². The van der Waals surface area contributed by atoms with Gasteiger partial charge in [0.25, 0.3) is 0 Å². The van der Waals surface area contributed by atoms with Gasteiger partial charge in [0.15, 0.2) is 0 Å². The molecule has 35 heavy (non-hydrogen) atoms. The first kappa shape index (κ1) is 24.9. The van der Waals surface area contributed by atoms with Gasteiger partial charge in [-0.2, -0.15) is 5.10 Å². The molecule has 1 saturated carbocycles. The molecule has 6 nitrogen and oxygen atoms in total. The van der Waals surface area contributed by atoms with Crippen molar-refractivity contribution < 1.29 is 23.8 Å². The molecule has 1 heterocycles. The maximum absolute atomic E-state index is 15.1. The fourth-order valence-corrected chi connectivity index (χ4v) is 5.06. The molecule has 1 aliphatic carbocycles. The molecule has 7 heteroatoms. The molecule has 2 aromatic carbocycles. The highest BCUT2D eigenvalue weighted by atomic mass is 19.1. The molecule has 1 N–H and O–H groups in total. The SMILES string of the molecule is CCc1c(-c2ccccc2)c(-c2ccc(OC)cc2F)nn1C[C@H]1CC[C@@H](COCC(=O)O)CC1. The molecule has 3 aromatic rings. The van der Waals surface area contributed by atoms with Crippen LogP contribution in [0, 0.1) is 17.7 Å². The number of carboxylic acids is 1. The number of aromatic nitrogens is 2. The maximum Gasteiger partial charge on any atom is 0.329 e. The summed E-state index contributed by atoms with van der Waals surface area (Å²) in [5.74, 6) is 0.0658. The summed E-state index contributed by atoms with van der Waals surface area (Å²) in [4.78, 5) is 10.7. The zero-order chi connectivity index (χ0) is 24.8. The van der Waals surface area contributed by atoms with Gasteiger partial charge >= 0.3 is 5.97 Å². The second kappa shape index (κ2) is 11.5. The predicted octanol–water partition coefficient (Wildman–Crippen LogP) is 5.83. The summed E-state index contributed by atoms with van der Waals surface area (Å²) in [6.45, 7) is 3.16. The first-order chi connectivity index (χ1) is 17.0. The number of benzene rings is 2. The Morgan fingerprint density at radius 2 is 1.83 bits per heavy atom. The third-order valence-corrected chi connectivity index (χ3v) is 6.86. The number of carboxylic acid groups (broad SMARTS) is 1. The van der Waals surface area contributed by atoms with Crippen LogP contribution in [-0.4, -0.2) is 41.2 Å². The average Bonchev–Trinajstić information content (AvgIpc) is 3.23. The highest BCUT2D eigenvalue weighted by Gasteiger charge is 2.26.